The van der Waals surface area contributed by atoms with Crippen molar-refractivity contribution in [3.63, 3.8) is 0 Å². The van der Waals surface area contributed by atoms with Crippen LogP contribution in [0, 0.1) is 0 Å². The van der Waals surface area contributed by atoms with Gasteiger partial charge in [0.05, 0.1) is 12.8 Å². The molecule has 0 aromatic carbocycles. The third kappa shape index (κ3) is 2.22. The van der Waals surface area contributed by atoms with Gasteiger partial charge in [-0.25, -0.2) is 4.68 Å². The lowest BCUT2D eigenvalue weighted by molar-refractivity contribution is 0.370. The largest absolute Gasteiger partial charge is 0.480 e. The first-order valence-corrected chi connectivity index (χ1v) is 4.75. The second-order valence-corrected chi connectivity index (χ2v) is 3.92. The fraction of sp³-hybridized carbons (Fsp3) is 0.625. The number of aromatic nitrogens is 2. The van der Waals surface area contributed by atoms with Crippen LogP contribution in [-0.2, 0) is 13.6 Å². The highest BCUT2D eigenvalue weighted by atomic mass is 79.9. The molecule has 13 heavy (non-hydrogen) atoms. The van der Waals surface area contributed by atoms with Gasteiger partial charge in [0.2, 0.25) is 5.88 Å². The predicted molar refractivity (Wildman–Crippen MR) is 54.9 cm³/mol. The highest BCUT2D eigenvalue weighted by Gasteiger charge is 2.14. The van der Waals surface area contributed by atoms with Crippen LogP contribution in [0.2, 0.25) is 0 Å². The van der Waals surface area contributed by atoms with Crippen molar-refractivity contribution >= 4 is 15.9 Å². The van der Waals surface area contributed by atoms with Crippen LogP contribution in [0.15, 0.2) is 4.47 Å². The molecule has 0 spiro atoms. The van der Waals surface area contributed by atoms with E-state index in [1.165, 1.54) is 0 Å². The van der Waals surface area contributed by atoms with E-state index < -0.39 is 0 Å². The molecular weight excluding hydrogens is 234 g/mol. The molecule has 1 heterocycles. The maximum absolute atomic E-state index is 5.17. The van der Waals surface area contributed by atoms with Gasteiger partial charge in [0.25, 0.3) is 0 Å². The van der Waals surface area contributed by atoms with E-state index in [-0.39, 0.29) is 0 Å². The number of hydrogen-bond donors (Lipinski definition) is 0. The fourth-order valence-corrected chi connectivity index (χ4v) is 1.78. The lowest BCUT2D eigenvalue weighted by Gasteiger charge is -2.06. The second kappa shape index (κ2) is 4.11. The summed E-state index contributed by atoms with van der Waals surface area (Å²) >= 11 is 3.46. The molecule has 0 saturated carbocycles. The lowest BCUT2D eigenvalue weighted by Crippen LogP contribution is -2.11. The van der Waals surface area contributed by atoms with Gasteiger partial charge in [-0.2, -0.15) is 5.10 Å². The van der Waals surface area contributed by atoms with Crippen molar-refractivity contribution in [3.8, 4) is 5.88 Å². The number of nitrogens with zero attached hydrogens (tertiary/aromatic N) is 3. The Kier molecular flexibility index (Phi) is 3.33. The highest BCUT2D eigenvalue weighted by molar-refractivity contribution is 9.10. The second-order valence-electron chi connectivity index (χ2n) is 3.13. The van der Waals surface area contributed by atoms with Gasteiger partial charge in [0.15, 0.2) is 0 Å². The Morgan fingerprint density at radius 3 is 2.54 bits per heavy atom. The van der Waals surface area contributed by atoms with Crippen molar-refractivity contribution in [2.45, 2.75) is 6.54 Å². The maximum Gasteiger partial charge on any atom is 0.226 e. The van der Waals surface area contributed by atoms with Crippen LogP contribution in [0.25, 0.3) is 0 Å². The first-order valence-electron chi connectivity index (χ1n) is 3.96. The molecule has 1 aromatic heterocycles. The molecule has 0 radical (unpaired) electrons. The zero-order chi connectivity index (χ0) is 10.0. The van der Waals surface area contributed by atoms with E-state index in [4.69, 9.17) is 4.74 Å². The zero-order valence-electron chi connectivity index (χ0n) is 8.33. The molecule has 0 saturated heterocycles. The Morgan fingerprint density at radius 2 is 2.15 bits per heavy atom. The SMILES string of the molecule is COc1c(Br)c(CN(C)C)nn1C. The molecule has 74 valence electrons. The van der Waals surface area contributed by atoms with Crippen molar-refractivity contribution < 1.29 is 4.74 Å². The van der Waals surface area contributed by atoms with Gasteiger partial charge in [-0.05, 0) is 30.0 Å². The Hall–Kier alpha value is -0.550. The molecule has 0 atom stereocenters. The van der Waals surface area contributed by atoms with E-state index in [0.29, 0.717) is 0 Å². The van der Waals surface area contributed by atoms with Gasteiger partial charge < -0.3 is 9.64 Å². The predicted octanol–water partition coefficient (Wildman–Crippen LogP) is 1.25. The van der Waals surface area contributed by atoms with E-state index in [2.05, 4.69) is 25.9 Å². The molecule has 0 aliphatic carbocycles. The van der Waals surface area contributed by atoms with Crippen LogP contribution in [0.3, 0.4) is 0 Å². The molecule has 0 aliphatic rings. The van der Waals surface area contributed by atoms with Gasteiger partial charge in [0.1, 0.15) is 4.47 Å². The third-order valence-corrected chi connectivity index (χ3v) is 2.46. The average Bonchev–Trinajstić information content (AvgIpc) is 2.26. The summed E-state index contributed by atoms with van der Waals surface area (Å²) in [5.74, 6) is 0.761. The van der Waals surface area contributed by atoms with Gasteiger partial charge in [0, 0.05) is 13.6 Å². The summed E-state index contributed by atoms with van der Waals surface area (Å²) < 4.78 is 7.83. The summed E-state index contributed by atoms with van der Waals surface area (Å²) in [6.45, 7) is 0.803. The van der Waals surface area contributed by atoms with Gasteiger partial charge in [-0.3, -0.25) is 0 Å². The smallest absolute Gasteiger partial charge is 0.226 e. The molecule has 4 nitrogen and oxygen atoms in total. The number of ether oxygens (including phenoxy) is 1. The van der Waals surface area contributed by atoms with E-state index in [1.54, 1.807) is 11.8 Å². The first kappa shape index (κ1) is 10.5. The summed E-state index contributed by atoms with van der Waals surface area (Å²) in [5, 5.41) is 4.32. The quantitative estimate of drug-likeness (QED) is 0.806. The summed E-state index contributed by atoms with van der Waals surface area (Å²) in [5.41, 5.74) is 0.990. The first-order chi connectivity index (χ1) is 6.06. The molecule has 1 aromatic rings. The van der Waals surface area contributed by atoms with Gasteiger partial charge in [-0.15, -0.1) is 0 Å². The number of aryl methyl sites for hydroxylation is 1. The molecule has 0 aliphatic heterocycles. The number of rotatable bonds is 3. The van der Waals surface area contributed by atoms with Gasteiger partial charge >= 0.3 is 0 Å². The van der Waals surface area contributed by atoms with E-state index in [9.17, 15) is 0 Å². The van der Waals surface area contributed by atoms with Crippen molar-refractivity contribution in [3.05, 3.63) is 10.2 Å². The molecular formula is C8H14BrN3O. The molecule has 0 N–H and O–H groups in total. The fourth-order valence-electron chi connectivity index (χ4n) is 1.16. The molecule has 0 fully saturated rings. The van der Waals surface area contributed by atoms with Crippen LogP contribution in [0.5, 0.6) is 5.88 Å². The monoisotopic (exact) mass is 247 g/mol. The third-order valence-electron chi connectivity index (χ3n) is 1.67. The standard InChI is InChI=1S/C8H14BrN3O/c1-11(2)5-6-7(9)8(13-4)12(3)10-6/h5H2,1-4H3. The van der Waals surface area contributed by atoms with Crippen LogP contribution in [0.1, 0.15) is 5.69 Å². The lowest BCUT2D eigenvalue weighted by atomic mass is 10.4. The van der Waals surface area contributed by atoms with E-state index in [0.717, 1.165) is 22.6 Å². The molecule has 0 unspecified atom stereocenters. The Morgan fingerprint density at radius 1 is 1.54 bits per heavy atom. The van der Waals surface area contributed by atoms with Crippen LogP contribution < -0.4 is 4.74 Å². The van der Waals surface area contributed by atoms with Crippen molar-refractivity contribution in [1.29, 1.82) is 0 Å². The topological polar surface area (TPSA) is 30.3 Å². The maximum atomic E-state index is 5.17. The minimum atomic E-state index is 0.761. The summed E-state index contributed by atoms with van der Waals surface area (Å²) in [4.78, 5) is 2.06. The van der Waals surface area contributed by atoms with Crippen LogP contribution >= 0.6 is 15.9 Å². The Labute approximate surface area is 86.6 Å². The summed E-state index contributed by atoms with van der Waals surface area (Å²) in [7, 11) is 7.52. The Bertz CT molecular complexity index is 296. The van der Waals surface area contributed by atoms with Crippen molar-refractivity contribution in [2.75, 3.05) is 21.2 Å². The average molecular weight is 248 g/mol. The van der Waals surface area contributed by atoms with E-state index in [1.807, 2.05) is 21.1 Å². The number of hydrogen-bond acceptors (Lipinski definition) is 3. The summed E-state index contributed by atoms with van der Waals surface area (Å²) in [6, 6.07) is 0. The highest BCUT2D eigenvalue weighted by Crippen LogP contribution is 2.27. The van der Waals surface area contributed by atoms with Crippen molar-refractivity contribution in [2.24, 2.45) is 7.05 Å². The Balaban J connectivity index is 2.96. The molecule has 0 amide bonds. The van der Waals surface area contributed by atoms with Crippen LogP contribution in [-0.4, -0.2) is 35.9 Å². The normalized spacial score (nSPS) is 10.9. The zero-order valence-corrected chi connectivity index (χ0v) is 9.92. The minimum absolute atomic E-state index is 0.761. The van der Waals surface area contributed by atoms with Crippen molar-refractivity contribution in [1.82, 2.24) is 14.7 Å². The van der Waals surface area contributed by atoms with Crippen LogP contribution in [0.4, 0.5) is 0 Å². The minimum Gasteiger partial charge on any atom is -0.480 e. The molecule has 1 rings (SSSR count). The number of halogens is 1. The van der Waals surface area contributed by atoms with E-state index >= 15 is 0 Å². The summed E-state index contributed by atoms with van der Waals surface area (Å²) in [6.07, 6.45) is 0. The molecule has 5 heteroatoms. The molecule has 0 bridgehead atoms. The van der Waals surface area contributed by atoms with Gasteiger partial charge in [-0.1, -0.05) is 0 Å². The number of methoxy groups -OCH3 is 1.